The molecule has 0 unspecified atom stereocenters. The van der Waals surface area contributed by atoms with E-state index in [4.69, 9.17) is 13.9 Å². The number of rotatable bonds is 4. The van der Waals surface area contributed by atoms with Gasteiger partial charge in [-0.05, 0) is 68.7 Å². The van der Waals surface area contributed by atoms with E-state index in [1.165, 1.54) is 12.3 Å². The highest BCUT2D eigenvalue weighted by Gasteiger charge is 2.17. The van der Waals surface area contributed by atoms with Crippen LogP contribution in [0.3, 0.4) is 0 Å². The predicted molar refractivity (Wildman–Crippen MR) is 119 cm³/mol. The second-order valence-electron chi connectivity index (χ2n) is 7.67. The average Bonchev–Trinajstić information content (AvgIpc) is 2.69. The molecule has 0 bridgehead atoms. The van der Waals surface area contributed by atoms with E-state index in [2.05, 4.69) is 0 Å². The minimum atomic E-state index is -0.448. The summed E-state index contributed by atoms with van der Waals surface area (Å²) in [6.07, 6.45) is 1.27. The molecule has 1 aromatic heterocycles. The smallest absolute Gasteiger partial charge is 0.344 e. The molecule has 5 heteroatoms. The summed E-state index contributed by atoms with van der Waals surface area (Å²) in [5.74, 6) is 0.498. The van der Waals surface area contributed by atoms with Gasteiger partial charge in [-0.15, -0.1) is 0 Å². The van der Waals surface area contributed by atoms with Crippen molar-refractivity contribution in [2.75, 3.05) is 0 Å². The van der Waals surface area contributed by atoms with Crippen LogP contribution in [0.15, 0.2) is 70.1 Å². The molecular weight excluding hydrogens is 392 g/mol. The molecule has 4 rings (SSSR count). The third-order valence-electron chi connectivity index (χ3n) is 5.02. The number of esters is 1. The Bertz CT molecular complexity index is 1340. The van der Waals surface area contributed by atoms with Gasteiger partial charge in [0.05, 0.1) is 10.9 Å². The zero-order valence-electron chi connectivity index (χ0n) is 17.8. The van der Waals surface area contributed by atoms with E-state index in [0.29, 0.717) is 28.0 Å². The van der Waals surface area contributed by atoms with Crippen molar-refractivity contribution in [1.29, 1.82) is 0 Å². The molecule has 0 saturated heterocycles. The number of ether oxygens (including phenoxy) is 2. The maximum Gasteiger partial charge on any atom is 0.344 e. The van der Waals surface area contributed by atoms with Crippen LogP contribution in [0.4, 0.5) is 0 Å². The van der Waals surface area contributed by atoms with Gasteiger partial charge in [0.2, 0.25) is 11.2 Å². The molecule has 0 aliphatic carbocycles. The molecule has 4 aromatic rings. The van der Waals surface area contributed by atoms with Crippen LogP contribution in [0.1, 0.15) is 32.6 Å². The van der Waals surface area contributed by atoms with Crippen LogP contribution >= 0.6 is 0 Å². The fourth-order valence-corrected chi connectivity index (χ4v) is 3.69. The highest BCUT2D eigenvalue weighted by molar-refractivity contribution is 5.94. The lowest BCUT2D eigenvalue weighted by atomic mass is 10.00. The molecule has 0 atom stereocenters. The van der Waals surface area contributed by atoms with Crippen LogP contribution in [0.2, 0.25) is 0 Å². The number of hydrogen-bond donors (Lipinski definition) is 0. The topological polar surface area (TPSA) is 65.7 Å². The minimum absolute atomic E-state index is 0.0914. The van der Waals surface area contributed by atoms with Gasteiger partial charge in [-0.3, -0.25) is 4.79 Å². The first-order chi connectivity index (χ1) is 14.8. The Morgan fingerprint density at radius 1 is 0.839 bits per heavy atom. The fourth-order valence-electron chi connectivity index (χ4n) is 3.69. The van der Waals surface area contributed by atoms with E-state index < -0.39 is 5.97 Å². The van der Waals surface area contributed by atoms with E-state index in [0.717, 1.165) is 22.3 Å². The van der Waals surface area contributed by atoms with Crippen LogP contribution in [0, 0.1) is 27.7 Å². The summed E-state index contributed by atoms with van der Waals surface area (Å²) in [6.45, 7) is 7.69. The molecule has 0 radical (unpaired) electrons. The van der Waals surface area contributed by atoms with Crippen molar-refractivity contribution in [2.45, 2.75) is 27.7 Å². The van der Waals surface area contributed by atoms with Crippen LogP contribution in [-0.4, -0.2) is 5.97 Å². The normalized spacial score (nSPS) is 10.8. The fraction of sp³-hybridized carbons (Fsp3) is 0.154. The summed E-state index contributed by atoms with van der Waals surface area (Å²) in [7, 11) is 0. The van der Waals surface area contributed by atoms with E-state index in [9.17, 15) is 9.59 Å². The maximum absolute atomic E-state index is 12.8. The highest BCUT2D eigenvalue weighted by Crippen LogP contribution is 2.26. The predicted octanol–water partition coefficient (Wildman–Crippen LogP) is 6.04. The molecule has 0 aliphatic heterocycles. The zero-order chi connectivity index (χ0) is 22.1. The molecule has 5 nitrogen and oxygen atoms in total. The van der Waals surface area contributed by atoms with Gasteiger partial charge < -0.3 is 13.9 Å². The number of hydrogen-bond acceptors (Lipinski definition) is 5. The van der Waals surface area contributed by atoms with Crippen molar-refractivity contribution in [3.05, 3.63) is 98.9 Å². The Morgan fingerprint density at radius 2 is 1.58 bits per heavy atom. The van der Waals surface area contributed by atoms with Crippen molar-refractivity contribution >= 4 is 16.9 Å². The SMILES string of the molecule is Cc1cccc(Oc2coc3cc(OC(=O)c4c(C)cc(C)cc4C)ccc3c2=O)c1. The molecule has 0 fully saturated rings. The largest absolute Gasteiger partial charge is 0.460 e. The monoisotopic (exact) mass is 414 g/mol. The molecule has 0 spiro atoms. The number of benzene rings is 3. The molecule has 31 heavy (non-hydrogen) atoms. The Hall–Kier alpha value is -3.86. The standard InChI is InChI=1S/C26H22O5/c1-15-6-5-7-19(12-15)30-23-14-29-22-13-20(8-9-21(22)25(23)27)31-26(28)24-17(3)10-16(2)11-18(24)4/h5-14H,1-4H3. The zero-order valence-corrected chi connectivity index (χ0v) is 17.8. The lowest BCUT2D eigenvalue weighted by Gasteiger charge is -2.11. The van der Waals surface area contributed by atoms with Gasteiger partial charge in [-0.25, -0.2) is 4.79 Å². The van der Waals surface area contributed by atoms with E-state index in [1.54, 1.807) is 18.2 Å². The Morgan fingerprint density at radius 3 is 2.29 bits per heavy atom. The van der Waals surface area contributed by atoms with Crippen molar-refractivity contribution in [3.8, 4) is 17.2 Å². The van der Waals surface area contributed by atoms with Crippen molar-refractivity contribution in [3.63, 3.8) is 0 Å². The first-order valence-corrected chi connectivity index (χ1v) is 9.92. The summed E-state index contributed by atoms with van der Waals surface area (Å²) in [5, 5.41) is 0.340. The Balaban J connectivity index is 1.62. The summed E-state index contributed by atoms with van der Waals surface area (Å²) in [5.41, 5.74) is 4.36. The second kappa shape index (κ2) is 8.11. The quantitative estimate of drug-likeness (QED) is 0.301. The van der Waals surface area contributed by atoms with Crippen LogP contribution in [-0.2, 0) is 0 Å². The number of carbonyl (C=O) groups is 1. The van der Waals surface area contributed by atoms with E-state index in [1.807, 2.05) is 58.0 Å². The van der Waals surface area contributed by atoms with E-state index >= 15 is 0 Å². The van der Waals surface area contributed by atoms with Crippen LogP contribution < -0.4 is 14.9 Å². The van der Waals surface area contributed by atoms with Gasteiger partial charge in [-0.1, -0.05) is 29.8 Å². The molecule has 1 heterocycles. The van der Waals surface area contributed by atoms with Gasteiger partial charge in [0.25, 0.3) is 0 Å². The van der Waals surface area contributed by atoms with Crippen molar-refractivity contribution < 1.29 is 18.7 Å². The second-order valence-corrected chi connectivity index (χ2v) is 7.67. The third-order valence-corrected chi connectivity index (χ3v) is 5.02. The van der Waals surface area contributed by atoms with Gasteiger partial charge in [0.1, 0.15) is 23.3 Å². The number of aryl methyl sites for hydroxylation is 4. The number of carbonyl (C=O) groups excluding carboxylic acids is 1. The molecule has 0 saturated carbocycles. The molecule has 3 aromatic carbocycles. The summed E-state index contributed by atoms with van der Waals surface area (Å²) in [6, 6.07) is 16.0. The first kappa shape index (κ1) is 20.4. The van der Waals surface area contributed by atoms with Crippen LogP contribution in [0.5, 0.6) is 17.2 Å². The minimum Gasteiger partial charge on any atom is -0.460 e. The third kappa shape index (κ3) is 4.21. The average molecular weight is 414 g/mol. The first-order valence-electron chi connectivity index (χ1n) is 9.92. The summed E-state index contributed by atoms with van der Waals surface area (Å²) in [4.78, 5) is 25.5. The number of fused-ring (bicyclic) bond motifs is 1. The van der Waals surface area contributed by atoms with Gasteiger partial charge in [-0.2, -0.15) is 0 Å². The lowest BCUT2D eigenvalue weighted by molar-refractivity contribution is 0.0733. The Kier molecular flexibility index (Phi) is 5.34. The molecule has 156 valence electrons. The van der Waals surface area contributed by atoms with Gasteiger partial charge in [0.15, 0.2) is 0 Å². The highest BCUT2D eigenvalue weighted by atomic mass is 16.5. The summed E-state index contributed by atoms with van der Waals surface area (Å²) >= 11 is 0. The molecule has 0 amide bonds. The van der Waals surface area contributed by atoms with Crippen molar-refractivity contribution in [1.82, 2.24) is 0 Å². The van der Waals surface area contributed by atoms with Gasteiger partial charge >= 0.3 is 5.97 Å². The molecule has 0 aliphatic rings. The Labute approximate surface area is 179 Å². The molecular formula is C26H22O5. The molecule has 0 N–H and O–H groups in total. The summed E-state index contributed by atoms with van der Waals surface area (Å²) < 4.78 is 16.9. The lowest BCUT2D eigenvalue weighted by Crippen LogP contribution is -2.12. The van der Waals surface area contributed by atoms with Crippen molar-refractivity contribution in [2.24, 2.45) is 0 Å². The van der Waals surface area contributed by atoms with Crippen LogP contribution in [0.25, 0.3) is 11.0 Å². The van der Waals surface area contributed by atoms with Gasteiger partial charge in [0, 0.05) is 6.07 Å². The maximum atomic E-state index is 12.8. The van der Waals surface area contributed by atoms with E-state index in [-0.39, 0.29) is 11.2 Å².